The summed E-state index contributed by atoms with van der Waals surface area (Å²) in [5.74, 6) is 0.701. The highest BCUT2D eigenvalue weighted by Gasteiger charge is 2.22. The van der Waals surface area contributed by atoms with Gasteiger partial charge in [-0.3, -0.25) is 0 Å². The second kappa shape index (κ2) is 4.35. The first kappa shape index (κ1) is 10.0. The molecular weight excluding hydrogens is 192 g/mol. The molecule has 1 aromatic carbocycles. The maximum absolute atomic E-state index is 6.21. The standard InChI is InChI=1S/C13H17Cl/c1-10-5-2-3-8-13(10)11-6-4-7-12(14)9-11/h2-3,5,8,11-12H,4,6-7,9H2,1H3. The van der Waals surface area contributed by atoms with E-state index in [1.54, 1.807) is 0 Å². The summed E-state index contributed by atoms with van der Waals surface area (Å²) < 4.78 is 0. The third kappa shape index (κ3) is 2.12. The van der Waals surface area contributed by atoms with Gasteiger partial charge < -0.3 is 0 Å². The number of alkyl halides is 1. The predicted octanol–water partition coefficient (Wildman–Crippen LogP) is 4.26. The van der Waals surface area contributed by atoms with E-state index in [-0.39, 0.29) is 0 Å². The Bertz CT molecular complexity index is 306. The number of halogens is 1. The zero-order valence-corrected chi connectivity index (χ0v) is 9.43. The van der Waals surface area contributed by atoms with Gasteiger partial charge in [0.1, 0.15) is 0 Å². The van der Waals surface area contributed by atoms with Crippen LogP contribution < -0.4 is 0 Å². The lowest BCUT2D eigenvalue weighted by Crippen LogP contribution is -2.14. The molecule has 14 heavy (non-hydrogen) atoms. The van der Waals surface area contributed by atoms with Crippen LogP contribution in [0.5, 0.6) is 0 Å². The van der Waals surface area contributed by atoms with E-state index >= 15 is 0 Å². The molecule has 0 amide bonds. The normalized spacial score (nSPS) is 27.6. The summed E-state index contributed by atoms with van der Waals surface area (Å²) in [6, 6.07) is 8.71. The quantitative estimate of drug-likeness (QED) is 0.605. The van der Waals surface area contributed by atoms with Crippen LogP contribution in [0.2, 0.25) is 0 Å². The van der Waals surface area contributed by atoms with E-state index in [1.807, 2.05) is 0 Å². The van der Waals surface area contributed by atoms with Gasteiger partial charge in [-0.25, -0.2) is 0 Å². The van der Waals surface area contributed by atoms with Gasteiger partial charge in [0, 0.05) is 5.38 Å². The lowest BCUT2D eigenvalue weighted by molar-refractivity contribution is 0.448. The Morgan fingerprint density at radius 2 is 2.00 bits per heavy atom. The molecule has 2 rings (SSSR count). The fourth-order valence-electron chi connectivity index (χ4n) is 2.46. The highest BCUT2D eigenvalue weighted by atomic mass is 35.5. The third-order valence-electron chi connectivity index (χ3n) is 3.24. The van der Waals surface area contributed by atoms with Crippen molar-refractivity contribution in [3.05, 3.63) is 35.4 Å². The Labute approximate surface area is 91.3 Å². The van der Waals surface area contributed by atoms with Gasteiger partial charge in [0.25, 0.3) is 0 Å². The average Bonchev–Trinajstić information content (AvgIpc) is 2.18. The van der Waals surface area contributed by atoms with E-state index in [0.29, 0.717) is 11.3 Å². The Balaban J connectivity index is 2.18. The van der Waals surface area contributed by atoms with Crippen LogP contribution in [0.15, 0.2) is 24.3 Å². The van der Waals surface area contributed by atoms with Crippen LogP contribution in [0, 0.1) is 6.92 Å². The maximum atomic E-state index is 6.21. The molecular formula is C13H17Cl. The molecule has 0 aliphatic heterocycles. The molecule has 1 heteroatoms. The van der Waals surface area contributed by atoms with Crippen molar-refractivity contribution in [1.82, 2.24) is 0 Å². The SMILES string of the molecule is Cc1ccccc1C1CCCC(Cl)C1. The van der Waals surface area contributed by atoms with Gasteiger partial charge in [0.05, 0.1) is 0 Å². The van der Waals surface area contributed by atoms with E-state index in [2.05, 4.69) is 31.2 Å². The van der Waals surface area contributed by atoms with Crippen molar-refractivity contribution in [3.63, 3.8) is 0 Å². The molecule has 0 aromatic heterocycles. The van der Waals surface area contributed by atoms with Crippen LogP contribution >= 0.6 is 11.6 Å². The first-order valence-electron chi connectivity index (χ1n) is 5.47. The molecule has 1 aliphatic carbocycles. The Hall–Kier alpha value is -0.490. The smallest absolute Gasteiger partial charge is 0.0341 e. The zero-order chi connectivity index (χ0) is 9.97. The van der Waals surface area contributed by atoms with Crippen molar-refractivity contribution < 1.29 is 0 Å². The van der Waals surface area contributed by atoms with Gasteiger partial charge in [-0.1, -0.05) is 30.7 Å². The monoisotopic (exact) mass is 208 g/mol. The Kier molecular flexibility index (Phi) is 3.12. The van der Waals surface area contributed by atoms with E-state index in [9.17, 15) is 0 Å². The van der Waals surface area contributed by atoms with Crippen LogP contribution in [0.3, 0.4) is 0 Å². The third-order valence-corrected chi connectivity index (χ3v) is 3.63. The summed E-state index contributed by atoms with van der Waals surface area (Å²) in [5, 5.41) is 0.397. The van der Waals surface area contributed by atoms with Gasteiger partial charge in [-0.15, -0.1) is 11.6 Å². The molecule has 0 saturated heterocycles. The number of benzene rings is 1. The molecule has 0 bridgehead atoms. The van der Waals surface area contributed by atoms with Gasteiger partial charge >= 0.3 is 0 Å². The van der Waals surface area contributed by atoms with E-state index in [1.165, 1.54) is 30.4 Å². The highest BCUT2D eigenvalue weighted by Crippen LogP contribution is 2.36. The molecule has 1 fully saturated rings. The van der Waals surface area contributed by atoms with Crippen molar-refractivity contribution in [1.29, 1.82) is 0 Å². The molecule has 0 N–H and O–H groups in total. The number of rotatable bonds is 1. The summed E-state index contributed by atoms with van der Waals surface area (Å²) >= 11 is 6.21. The summed E-state index contributed by atoms with van der Waals surface area (Å²) in [5.41, 5.74) is 2.93. The Morgan fingerprint density at radius 1 is 1.21 bits per heavy atom. The first-order valence-corrected chi connectivity index (χ1v) is 5.90. The lowest BCUT2D eigenvalue weighted by Gasteiger charge is -2.26. The van der Waals surface area contributed by atoms with Crippen molar-refractivity contribution in [2.75, 3.05) is 0 Å². The predicted molar refractivity (Wildman–Crippen MR) is 62.0 cm³/mol. The summed E-state index contributed by atoms with van der Waals surface area (Å²) in [7, 11) is 0. The molecule has 2 unspecified atom stereocenters. The highest BCUT2D eigenvalue weighted by molar-refractivity contribution is 6.20. The molecule has 76 valence electrons. The summed E-state index contributed by atoms with van der Waals surface area (Å²) in [6.45, 7) is 2.20. The van der Waals surface area contributed by atoms with Gasteiger partial charge in [-0.05, 0) is 43.2 Å². The molecule has 2 atom stereocenters. The minimum atomic E-state index is 0.397. The second-order valence-corrected chi connectivity index (χ2v) is 4.93. The largest absolute Gasteiger partial charge is 0.123 e. The zero-order valence-electron chi connectivity index (χ0n) is 8.67. The first-order chi connectivity index (χ1) is 6.77. The van der Waals surface area contributed by atoms with Crippen LogP contribution in [0.1, 0.15) is 42.7 Å². The van der Waals surface area contributed by atoms with Crippen LogP contribution in [0.4, 0.5) is 0 Å². The molecule has 1 aromatic rings. The second-order valence-electron chi connectivity index (χ2n) is 4.32. The van der Waals surface area contributed by atoms with Crippen molar-refractivity contribution in [3.8, 4) is 0 Å². The summed E-state index contributed by atoms with van der Waals surface area (Å²) in [6.07, 6.45) is 4.96. The molecule has 0 spiro atoms. The molecule has 0 heterocycles. The van der Waals surface area contributed by atoms with Gasteiger partial charge in [0.15, 0.2) is 0 Å². The molecule has 1 saturated carbocycles. The van der Waals surface area contributed by atoms with E-state index in [0.717, 1.165) is 6.42 Å². The van der Waals surface area contributed by atoms with Gasteiger partial charge in [0.2, 0.25) is 0 Å². The molecule has 1 aliphatic rings. The van der Waals surface area contributed by atoms with Crippen molar-refractivity contribution >= 4 is 11.6 Å². The van der Waals surface area contributed by atoms with Crippen LogP contribution in [-0.4, -0.2) is 5.38 Å². The van der Waals surface area contributed by atoms with Crippen molar-refractivity contribution in [2.24, 2.45) is 0 Å². The minimum Gasteiger partial charge on any atom is -0.123 e. The number of aryl methyl sites for hydroxylation is 1. The lowest BCUT2D eigenvalue weighted by atomic mass is 9.82. The van der Waals surface area contributed by atoms with Crippen LogP contribution in [0.25, 0.3) is 0 Å². The maximum Gasteiger partial charge on any atom is 0.0341 e. The summed E-state index contributed by atoms with van der Waals surface area (Å²) in [4.78, 5) is 0. The number of hydrogen-bond acceptors (Lipinski definition) is 0. The van der Waals surface area contributed by atoms with Gasteiger partial charge in [-0.2, -0.15) is 0 Å². The fourth-order valence-corrected chi connectivity index (χ4v) is 2.83. The van der Waals surface area contributed by atoms with Crippen molar-refractivity contribution in [2.45, 2.75) is 43.9 Å². The Morgan fingerprint density at radius 3 is 2.71 bits per heavy atom. The topological polar surface area (TPSA) is 0 Å². The molecule has 0 nitrogen and oxygen atoms in total. The fraction of sp³-hybridized carbons (Fsp3) is 0.538. The minimum absolute atomic E-state index is 0.397. The average molecular weight is 209 g/mol. The van der Waals surface area contributed by atoms with Crippen LogP contribution in [-0.2, 0) is 0 Å². The molecule has 0 radical (unpaired) electrons. The number of hydrogen-bond donors (Lipinski definition) is 0. The van der Waals surface area contributed by atoms with E-state index < -0.39 is 0 Å². The van der Waals surface area contributed by atoms with E-state index in [4.69, 9.17) is 11.6 Å².